The second-order valence-corrected chi connectivity index (χ2v) is 11.8. The van der Waals surface area contributed by atoms with E-state index >= 15 is 0 Å². The number of hydrogen-bond donors (Lipinski definition) is 2. The molecule has 2 bridgehead atoms. The Labute approximate surface area is 239 Å². The average Bonchev–Trinajstić information content (AvgIpc) is 3.75. The molecule has 2 aliphatic heterocycles. The topological polar surface area (TPSA) is 100 Å². The van der Waals surface area contributed by atoms with Gasteiger partial charge in [-0.1, -0.05) is 18.9 Å². The average molecular weight is 550 g/mol. The maximum Gasteiger partial charge on any atom is 0.251 e. The van der Waals surface area contributed by atoms with Crippen LogP contribution < -0.4 is 10.1 Å². The Morgan fingerprint density at radius 1 is 1.00 bits per heavy atom. The van der Waals surface area contributed by atoms with E-state index in [0.29, 0.717) is 23.6 Å². The highest BCUT2D eigenvalue weighted by molar-refractivity contribution is 6.01. The summed E-state index contributed by atoms with van der Waals surface area (Å²) in [5, 5.41) is 11.9. The highest BCUT2D eigenvalue weighted by Crippen LogP contribution is 2.37. The smallest absolute Gasteiger partial charge is 0.251 e. The number of hydrogen-bond acceptors (Lipinski definition) is 5. The van der Waals surface area contributed by atoms with Crippen LogP contribution in [0.2, 0.25) is 0 Å². The van der Waals surface area contributed by atoms with Crippen molar-refractivity contribution in [2.24, 2.45) is 5.92 Å². The maximum absolute atomic E-state index is 13.5. The Morgan fingerprint density at radius 3 is 2.49 bits per heavy atom. The molecule has 2 aromatic carbocycles. The molecule has 210 valence electrons. The first-order valence-corrected chi connectivity index (χ1v) is 14.9. The van der Waals surface area contributed by atoms with Crippen LogP contribution in [0.15, 0.2) is 66.9 Å². The lowest BCUT2D eigenvalue weighted by molar-refractivity contribution is -0.123. The first kappa shape index (κ1) is 25.7. The number of piperidine rings is 1. The van der Waals surface area contributed by atoms with Crippen LogP contribution in [0.4, 0.5) is 0 Å². The zero-order chi connectivity index (χ0) is 27.8. The van der Waals surface area contributed by atoms with Gasteiger partial charge in [0.05, 0.1) is 22.9 Å². The van der Waals surface area contributed by atoms with Gasteiger partial charge in [0.25, 0.3) is 5.91 Å². The van der Waals surface area contributed by atoms with Crippen molar-refractivity contribution >= 4 is 23.2 Å². The third-order valence-electron chi connectivity index (χ3n) is 9.29. The number of H-pyrrole nitrogens is 1. The minimum atomic E-state index is -0.0980. The number of nitrogens with zero attached hydrogens (tertiary/aromatic N) is 3. The van der Waals surface area contributed by atoms with Gasteiger partial charge in [-0.15, -0.1) is 0 Å². The van der Waals surface area contributed by atoms with Gasteiger partial charge in [-0.25, -0.2) is 0 Å². The molecule has 4 heterocycles. The van der Waals surface area contributed by atoms with Gasteiger partial charge in [0.1, 0.15) is 11.9 Å². The summed E-state index contributed by atoms with van der Waals surface area (Å²) in [7, 11) is 0. The van der Waals surface area contributed by atoms with Crippen molar-refractivity contribution in [3.8, 4) is 17.0 Å². The number of rotatable bonds is 8. The summed E-state index contributed by atoms with van der Waals surface area (Å²) < 4.78 is 6.33. The quantitative estimate of drug-likeness (QED) is 0.270. The second kappa shape index (κ2) is 11.0. The number of nitrogens with one attached hydrogen (secondary N) is 2. The van der Waals surface area contributed by atoms with E-state index in [0.717, 1.165) is 78.5 Å². The summed E-state index contributed by atoms with van der Waals surface area (Å²) in [5.41, 5.74) is 4.16. The third kappa shape index (κ3) is 5.07. The fraction of sp³-hybridized carbons (Fsp3) is 0.394. The summed E-state index contributed by atoms with van der Waals surface area (Å²) >= 11 is 0. The van der Waals surface area contributed by atoms with Crippen LogP contribution in [0.1, 0.15) is 73.5 Å². The number of aromatic amines is 1. The van der Waals surface area contributed by atoms with Crippen molar-refractivity contribution in [2.45, 2.75) is 75.6 Å². The first-order valence-electron chi connectivity index (χ1n) is 14.9. The fourth-order valence-corrected chi connectivity index (χ4v) is 7.20. The highest BCUT2D eigenvalue weighted by Gasteiger charge is 2.40. The van der Waals surface area contributed by atoms with E-state index in [-0.39, 0.29) is 18.1 Å². The Kier molecular flexibility index (Phi) is 6.90. The van der Waals surface area contributed by atoms with Crippen LogP contribution in [0, 0.1) is 5.92 Å². The molecule has 3 aliphatic rings. The van der Waals surface area contributed by atoms with Crippen LogP contribution in [-0.2, 0) is 4.79 Å². The minimum absolute atomic E-state index is 0.0973. The molecular weight excluding hydrogens is 514 g/mol. The van der Waals surface area contributed by atoms with Gasteiger partial charge in [0, 0.05) is 47.6 Å². The molecule has 4 atom stereocenters. The van der Waals surface area contributed by atoms with Gasteiger partial charge in [0.15, 0.2) is 0 Å². The summed E-state index contributed by atoms with van der Waals surface area (Å²) in [5.74, 6) is 1.13. The van der Waals surface area contributed by atoms with E-state index in [1.807, 2.05) is 65.6 Å². The van der Waals surface area contributed by atoms with Crippen LogP contribution in [0.5, 0.6) is 5.75 Å². The lowest BCUT2D eigenvalue weighted by Gasteiger charge is -2.36. The molecule has 4 aromatic rings. The molecule has 2 saturated heterocycles. The van der Waals surface area contributed by atoms with E-state index < -0.39 is 0 Å². The normalized spacial score (nSPS) is 23.0. The largest absolute Gasteiger partial charge is 0.490 e. The standard InChI is InChI=1S/C33H35N5O3/c39-20-38-24-11-12-25(38)19-27(18-24)41-26-13-8-22(9-14-26)31-28-17-23(10-15-29(28)36-37-31)33(40)35-32(21-5-1-2-6-21)30-7-3-4-16-34-30/h3-4,7-10,13-17,20-21,24-25,27,32H,1-2,5-6,11-12,18-19H2,(H,35,40)(H,36,37)/t24-,25+,27+,32-/m0/s1. The lowest BCUT2D eigenvalue weighted by Crippen LogP contribution is -2.45. The molecule has 1 aliphatic carbocycles. The summed E-state index contributed by atoms with van der Waals surface area (Å²) in [6, 6.07) is 20.1. The van der Waals surface area contributed by atoms with Crippen LogP contribution in [-0.4, -0.2) is 50.6 Å². The number of carbonyl (C=O) groups excluding carboxylic acids is 2. The highest BCUT2D eigenvalue weighted by atomic mass is 16.5. The molecule has 1 saturated carbocycles. The number of ether oxygens (including phenoxy) is 1. The van der Waals surface area contributed by atoms with Gasteiger partial charge >= 0.3 is 0 Å². The summed E-state index contributed by atoms with van der Waals surface area (Å²) in [6.45, 7) is 0. The lowest BCUT2D eigenvalue weighted by atomic mass is 9.94. The fourth-order valence-electron chi connectivity index (χ4n) is 7.20. The monoisotopic (exact) mass is 549 g/mol. The van der Waals surface area contributed by atoms with Crippen molar-refractivity contribution in [1.29, 1.82) is 0 Å². The second-order valence-electron chi connectivity index (χ2n) is 11.8. The van der Waals surface area contributed by atoms with Crippen LogP contribution in [0.3, 0.4) is 0 Å². The van der Waals surface area contributed by atoms with Crippen molar-refractivity contribution in [3.05, 3.63) is 78.1 Å². The van der Waals surface area contributed by atoms with E-state index in [4.69, 9.17) is 4.74 Å². The molecule has 3 fully saturated rings. The van der Waals surface area contributed by atoms with Gasteiger partial charge in [-0.05, 0) is 86.2 Å². The van der Waals surface area contributed by atoms with Crippen molar-refractivity contribution in [2.75, 3.05) is 0 Å². The van der Waals surface area contributed by atoms with Crippen molar-refractivity contribution < 1.29 is 14.3 Å². The molecule has 2 amide bonds. The Balaban J connectivity index is 1.08. The van der Waals surface area contributed by atoms with E-state index in [1.54, 1.807) is 6.20 Å². The van der Waals surface area contributed by atoms with E-state index in [9.17, 15) is 9.59 Å². The molecule has 2 N–H and O–H groups in total. The Hall–Kier alpha value is -4.20. The number of carbonyl (C=O) groups is 2. The Morgan fingerprint density at radius 2 is 1.78 bits per heavy atom. The van der Waals surface area contributed by atoms with Gasteiger partial charge in [-0.3, -0.25) is 19.7 Å². The first-order chi connectivity index (χ1) is 20.2. The number of amides is 2. The number of benzene rings is 2. The zero-order valence-electron chi connectivity index (χ0n) is 23.0. The van der Waals surface area contributed by atoms with Gasteiger partial charge < -0.3 is 15.0 Å². The van der Waals surface area contributed by atoms with Crippen molar-refractivity contribution in [1.82, 2.24) is 25.4 Å². The predicted molar refractivity (Wildman–Crippen MR) is 156 cm³/mol. The summed E-state index contributed by atoms with van der Waals surface area (Å²) in [4.78, 5) is 31.5. The number of aromatic nitrogens is 3. The van der Waals surface area contributed by atoms with Gasteiger partial charge in [-0.2, -0.15) is 5.10 Å². The van der Waals surface area contributed by atoms with Crippen LogP contribution in [0.25, 0.3) is 22.2 Å². The van der Waals surface area contributed by atoms with E-state index in [2.05, 4.69) is 20.5 Å². The molecule has 7 rings (SSSR count). The minimum Gasteiger partial charge on any atom is -0.490 e. The molecule has 41 heavy (non-hydrogen) atoms. The predicted octanol–water partition coefficient (Wildman–Crippen LogP) is 5.82. The zero-order valence-corrected chi connectivity index (χ0v) is 23.0. The SMILES string of the molecule is O=CN1[C@@H]2CC[C@H]1C[C@@H](Oc1ccc(-c3n[nH]c4ccc(C(=O)N[C@H](c5ccccn5)C5CCCC5)cc34)cc1)C2. The molecule has 0 spiro atoms. The van der Waals surface area contributed by atoms with Crippen molar-refractivity contribution in [3.63, 3.8) is 0 Å². The number of pyridine rings is 1. The molecule has 0 radical (unpaired) electrons. The number of fused-ring (bicyclic) bond motifs is 3. The molecule has 2 aromatic heterocycles. The summed E-state index contributed by atoms with van der Waals surface area (Å²) in [6.07, 6.45) is 11.4. The van der Waals surface area contributed by atoms with E-state index in [1.165, 1.54) is 12.8 Å². The molecule has 8 heteroatoms. The molecule has 0 unspecified atom stereocenters. The molecule has 8 nitrogen and oxygen atoms in total. The maximum atomic E-state index is 13.5. The van der Waals surface area contributed by atoms with Crippen LogP contribution >= 0.6 is 0 Å². The Bertz CT molecular complexity index is 1520. The molecular formula is C33H35N5O3. The third-order valence-corrected chi connectivity index (χ3v) is 9.29. The van der Waals surface area contributed by atoms with Gasteiger partial charge in [0.2, 0.25) is 6.41 Å².